The highest BCUT2D eigenvalue weighted by atomic mass is 32.1. The predicted molar refractivity (Wildman–Crippen MR) is 86.7 cm³/mol. The van der Waals surface area contributed by atoms with Crippen molar-refractivity contribution in [2.24, 2.45) is 0 Å². The van der Waals surface area contributed by atoms with Crippen LogP contribution in [0.15, 0.2) is 36.7 Å². The quantitative estimate of drug-likeness (QED) is 0.706. The number of carbonyl (C=O) groups is 1. The van der Waals surface area contributed by atoms with Crippen LogP contribution in [-0.4, -0.2) is 30.8 Å². The number of alkyl halides is 3. The summed E-state index contributed by atoms with van der Waals surface area (Å²) in [6.07, 6.45) is -2.35. The van der Waals surface area contributed by atoms with Crippen LogP contribution in [0.5, 0.6) is 0 Å². The molecule has 1 amide bonds. The summed E-state index contributed by atoms with van der Waals surface area (Å²) in [6.45, 7) is -0.210. The van der Waals surface area contributed by atoms with Crippen LogP contribution in [0.2, 0.25) is 0 Å². The molecule has 7 nitrogen and oxygen atoms in total. The second-order valence-corrected chi connectivity index (χ2v) is 6.18. The van der Waals surface area contributed by atoms with Crippen LogP contribution in [0.1, 0.15) is 16.3 Å². The summed E-state index contributed by atoms with van der Waals surface area (Å²) in [6, 6.07) is 6.65. The maximum atomic E-state index is 12.5. The molecule has 3 heterocycles. The van der Waals surface area contributed by atoms with E-state index in [2.05, 4.69) is 20.4 Å². The Kier molecular flexibility index (Phi) is 5.00. The van der Waals surface area contributed by atoms with E-state index in [4.69, 9.17) is 5.11 Å². The number of amides is 1. The van der Waals surface area contributed by atoms with E-state index in [9.17, 15) is 18.0 Å². The van der Waals surface area contributed by atoms with Crippen molar-refractivity contribution < 1.29 is 23.1 Å². The van der Waals surface area contributed by atoms with Gasteiger partial charge in [-0.15, -0.1) is 0 Å². The third-order valence-corrected chi connectivity index (χ3v) is 4.16. The van der Waals surface area contributed by atoms with Crippen LogP contribution in [0, 0.1) is 0 Å². The first-order chi connectivity index (χ1) is 12.3. The Morgan fingerprint density at radius 1 is 1.27 bits per heavy atom. The van der Waals surface area contributed by atoms with Crippen molar-refractivity contribution in [3.63, 3.8) is 0 Å². The van der Waals surface area contributed by atoms with Crippen molar-refractivity contribution in [1.29, 1.82) is 0 Å². The monoisotopic (exact) mass is 383 g/mol. The number of aliphatic hydroxyl groups excluding tert-OH is 1. The van der Waals surface area contributed by atoms with E-state index in [1.807, 2.05) is 0 Å². The minimum absolute atomic E-state index is 0.126. The van der Waals surface area contributed by atoms with Gasteiger partial charge in [-0.1, -0.05) is 17.4 Å². The number of nitrogens with zero attached hydrogens (tertiary/aromatic N) is 4. The normalized spacial score (nSPS) is 11.5. The number of anilines is 1. The van der Waals surface area contributed by atoms with Crippen molar-refractivity contribution in [2.75, 3.05) is 5.32 Å². The predicted octanol–water partition coefficient (Wildman–Crippen LogP) is 2.42. The Morgan fingerprint density at radius 3 is 2.77 bits per heavy atom. The number of aromatic nitrogens is 4. The lowest BCUT2D eigenvalue weighted by Crippen LogP contribution is -2.14. The number of pyridine rings is 1. The van der Waals surface area contributed by atoms with Crippen LogP contribution in [0.4, 0.5) is 18.3 Å². The second-order valence-electron chi connectivity index (χ2n) is 5.15. The molecule has 0 aliphatic rings. The van der Waals surface area contributed by atoms with E-state index in [0.29, 0.717) is 34.7 Å². The van der Waals surface area contributed by atoms with Crippen molar-refractivity contribution in [3.05, 3.63) is 52.9 Å². The van der Waals surface area contributed by atoms with Gasteiger partial charge in [0.1, 0.15) is 4.88 Å². The van der Waals surface area contributed by atoms with Gasteiger partial charge in [-0.3, -0.25) is 4.79 Å². The minimum atomic E-state index is -4.49. The molecular weight excluding hydrogens is 371 g/mol. The molecule has 136 valence electrons. The Bertz CT molecular complexity index is 922. The highest BCUT2D eigenvalue weighted by molar-refractivity contribution is 7.15. The number of halogens is 3. The fraction of sp³-hybridized carbons (Fsp3) is 0.200. The Labute approximate surface area is 149 Å². The van der Waals surface area contributed by atoms with Gasteiger partial charge >= 0.3 is 6.18 Å². The number of hydrogen-bond donors (Lipinski definition) is 2. The lowest BCUT2D eigenvalue weighted by atomic mass is 10.3. The largest absolute Gasteiger partial charge is 0.427 e. The van der Waals surface area contributed by atoms with Gasteiger partial charge in [-0.2, -0.15) is 18.3 Å². The molecule has 0 bridgehead atoms. The van der Waals surface area contributed by atoms with E-state index in [-0.39, 0.29) is 18.2 Å². The molecule has 26 heavy (non-hydrogen) atoms. The van der Waals surface area contributed by atoms with Gasteiger partial charge in [0.15, 0.2) is 10.9 Å². The summed E-state index contributed by atoms with van der Waals surface area (Å²) >= 11 is 0.358. The first kappa shape index (κ1) is 18.0. The van der Waals surface area contributed by atoms with Gasteiger partial charge in [-0.05, 0) is 18.2 Å². The standard InChI is InChI=1S/C15H12F3N5O2S/c16-15(17,18)11-7-19-14(26-11)21-13(25)6-9-4-5-23(22-9)12-3-1-2-10(8-24)20-12/h1-5,7,24H,6,8H2,(H,19,21,25). The number of thiazole rings is 1. The van der Waals surface area contributed by atoms with Crippen molar-refractivity contribution in [2.45, 2.75) is 19.2 Å². The molecule has 2 N–H and O–H groups in total. The Hall–Kier alpha value is -2.79. The number of carbonyl (C=O) groups excluding carboxylic acids is 1. The van der Waals surface area contributed by atoms with Crippen molar-refractivity contribution in [3.8, 4) is 5.82 Å². The van der Waals surface area contributed by atoms with E-state index < -0.39 is 17.0 Å². The Morgan fingerprint density at radius 2 is 2.08 bits per heavy atom. The van der Waals surface area contributed by atoms with Crippen LogP contribution in [-0.2, 0) is 24.0 Å². The van der Waals surface area contributed by atoms with Gasteiger partial charge in [0.25, 0.3) is 0 Å². The van der Waals surface area contributed by atoms with Crippen LogP contribution >= 0.6 is 11.3 Å². The molecule has 0 radical (unpaired) electrons. The number of aliphatic hydroxyl groups is 1. The maximum Gasteiger partial charge on any atom is 0.427 e. The van der Waals surface area contributed by atoms with Crippen molar-refractivity contribution in [1.82, 2.24) is 19.7 Å². The highest BCUT2D eigenvalue weighted by Crippen LogP contribution is 2.34. The fourth-order valence-electron chi connectivity index (χ4n) is 2.06. The number of hydrogen-bond acceptors (Lipinski definition) is 6. The smallest absolute Gasteiger partial charge is 0.390 e. The molecule has 0 aliphatic heterocycles. The first-order valence-corrected chi connectivity index (χ1v) is 8.11. The fourth-order valence-corrected chi connectivity index (χ4v) is 2.76. The zero-order chi connectivity index (χ0) is 18.7. The summed E-state index contributed by atoms with van der Waals surface area (Å²) in [5, 5.41) is 15.5. The lowest BCUT2D eigenvalue weighted by molar-refractivity contribution is -0.134. The van der Waals surface area contributed by atoms with Gasteiger partial charge in [0.2, 0.25) is 5.91 Å². The number of rotatable bonds is 5. The molecule has 3 rings (SSSR count). The average Bonchev–Trinajstić information content (AvgIpc) is 3.24. The molecule has 3 aromatic rings. The van der Waals surface area contributed by atoms with E-state index in [1.54, 1.807) is 30.5 Å². The SMILES string of the molecule is O=C(Cc1ccn(-c2cccc(CO)n2)n1)Nc1ncc(C(F)(F)F)s1. The van der Waals surface area contributed by atoms with Crippen molar-refractivity contribution >= 4 is 22.4 Å². The molecule has 0 spiro atoms. The molecule has 0 unspecified atom stereocenters. The van der Waals surface area contributed by atoms with E-state index in [0.717, 1.165) is 0 Å². The van der Waals surface area contributed by atoms with Gasteiger partial charge in [0, 0.05) is 6.20 Å². The zero-order valence-electron chi connectivity index (χ0n) is 13.1. The average molecular weight is 383 g/mol. The lowest BCUT2D eigenvalue weighted by Gasteiger charge is -2.02. The van der Waals surface area contributed by atoms with E-state index in [1.165, 1.54) is 4.68 Å². The molecule has 0 saturated heterocycles. The molecule has 0 fully saturated rings. The highest BCUT2D eigenvalue weighted by Gasteiger charge is 2.33. The maximum absolute atomic E-state index is 12.5. The van der Waals surface area contributed by atoms with Crippen LogP contribution in [0.3, 0.4) is 0 Å². The molecule has 0 saturated carbocycles. The van der Waals surface area contributed by atoms with Crippen LogP contribution < -0.4 is 5.32 Å². The summed E-state index contributed by atoms with van der Waals surface area (Å²) in [4.78, 5) is 18.8. The zero-order valence-corrected chi connectivity index (χ0v) is 13.9. The summed E-state index contributed by atoms with van der Waals surface area (Å²) in [7, 11) is 0. The summed E-state index contributed by atoms with van der Waals surface area (Å²) in [5.41, 5.74) is 0.882. The topological polar surface area (TPSA) is 92.9 Å². The second kappa shape index (κ2) is 7.22. The molecule has 0 aromatic carbocycles. The molecule has 0 aliphatic carbocycles. The van der Waals surface area contributed by atoms with Gasteiger partial charge < -0.3 is 10.4 Å². The molecular formula is C15H12F3N5O2S. The summed E-state index contributed by atoms with van der Waals surface area (Å²) in [5.74, 6) is -0.0617. The summed E-state index contributed by atoms with van der Waals surface area (Å²) < 4.78 is 39.0. The Balaban J connectivity index is 1.65. The third kappa shape index (κ3) is 4.24. The van der Waals surface area contributed by atoms with Crippen LogP contribution in [0.25, 0.3) is 5.82 Å². The number of nitrogens with one attached hydrogen (secondary N) is 1. The van der Waals surface area contributed by atoms with E-state index >= 15 is 0 Å². The minimum Gasteiger partial charge on any atom is -0.390 e. The molecule has 0 atom stereocenters. The third-order valence-electron chi connectivity index (χ3n) is 3.21. The molecule has 11 heteroatoms. The molecule has 3 aromatic heterocycles. The van der Waals surface area contributed by atoms with Gasteiger partial charge in [-0.25, -0.2) is 14.6 Å². The van der Waals surface area contributed by atoms with Gasteiger partial charge in [0.05, 0.1) is 30.6 Å². The first-order valence-electron chi connectivity index (χ1n) is 7.30.